The van der Waals surface area contributed by atoms with E-state index in [1.807, 2.05) is 233 Å². The van der Waals surface area contributed by atoms with Crippen molar-refractivity contribution in [3.05, 3.63) is 286 Å². The Morgan fingerprint density at radius 3 is 1.44 bits per heavy atom. The van der Waals surface area contributed by atoms with Crippen LogP contribution in [0.25, 0.3) is 94.4 Å². The van der Waals surface area contributed by atoms with Crippen LogP contribution >= 0.6 is 22.9 Å². The molecular weight excluding hydrogens is 2040 g/mol. The van der Waals surface area contributed by atoms with Crippen LogP contribution in [0, 0.1) is 13.8 Å². The summed E-state index contributed by atoms with van der Waals surface area (Å²) in [6, 6.07) is 63.8. The fourth-order valence-electron chi connectivity index (χ4n) is 16.2. The fourth-order valence-corrected chi connectivity index (χ4v) is 20.4. The molecule has 1 N–H and O–H groups in total. The van der Waals surface area contributed by atoms with Gasteiger partial charge >= 0.3 is 92.7 Å². The average Bonchev–Trinajstić information content (AvgIpc) is 1.60. The Morgan fingerprint density at radius 2 is 0.882 bits per heavy atom. The summed E-state index contributed by atoms with van der Waals surface area (Å²) in [5, 5.41) is 7.42. The molecule has 1 atom stereocenters. The van der Waals surface area contributed by atoms with Gasteiger partial charge < -0.3 is 70.4 Å². The molecule has 0 amide bonds. The summed E-state index contributed by atoms with van der Waals surface area (Å²) in [5.41, 5.74) is 14.3. The quantitative estimate of drug-likeness (QED) is 0.0163. The molecule has 1 unspecified atom stereocenters. The molecular formula is C104H115ClKN7NaO23S7-. The smallest absolute Gasteiger partial charge is 0.748 e. The van der Waals surface area contributed by atoms with Crippen LogP contribution in [-0.2, 0) is 80.3 Å². The largest absolute Gasteiger partial charge is 1.00 e. The number of hydrogen-bond donors (Lipinski definition) is 1. The number of fused-ring (bicyclic) bond motifs is 9. The van der Waals surface area contributed by atoms with Crippen molar-refractivity contribution in [2.45, 2.75) is 152 Å². The van der Waals surface area contributed by atoms with Crippen molar-refractivity contribution in [3.63, 3.8) is 0 Å². The van der Waals surface area contributed by atoms with Gasteiger partial charge in [-0.25, -0.2) is 50.5 Å². The van der Waals surface area contributed by atoms with E-state index >= 15 is 0 Å². The van der Waals surface area contributed by atoms with Crippen molar-refractivity contribution in [2.75, 3.05) is 76.2 Å². The van der Waals surface area contributed by atoms with Crippen molar-refractivity contribution in [1.82, 2.24) is 5.32 Å². The van der Waals surface area contributed by atoms with E-state index in [-0.39, 0.29) is 133 Å². The number of nitrogens with zero attached hydrogens (tertiary/aromatic N) is 6. The molecule has 6 heterocycles. The zero-order valence-corrected chi connectivity index (χ0v) is 94.1. The van der Waals surface area contributed by atoms with E-state index < -0.39 is 94.7 Å². The minimum Gasteiger partial charge on any atom is -0.748 e. The molecule has 0 fully saturated rings. The Kier molecular flexibility index (Phi) is 42.9. The number of aromatic nitrogens is 3. The van der Waals surface area contributed by atoms with Gasteiger partial charge in [-0.05, 0) is 212 Å². The summed E-state index contributed by atoms with van der Waals surface area (Å²) in [7, 11) is -26.4. The molecule has 10 aromatic carbocycles. The number of hydrogen-bond acceptors (Lipinski definition) is 28. The van der Waals surface area contributed by atoms with Gasteiger partial charge in [0.05, 0.1) is 102 Å². The first-order valence-electron chi connectivity index (χ1n) is 46.8. The SMILES string of the molecule is CC.CCC(/C=C1\Oc2ccc(Cl)cc2N1CCCS(=O)(=O)[O-])=C\c1oc2ccc(-c3ccccc3)cc2[n+]1CCS(=O)(=O)[O-].CCC(=Cc1oc2ccc3ccccc3c2[n+]1CCC(C)S(=O)(=O)[O-])C=C1Oc2cc3ccccc3cc2N1CCCCS(=O)(=O)[O-].CCC(=Cc1sc2cc(C)c(C)cc2[n+]1CCCCS(=O)(=O)[O-])C=C1Oc2ccc(-c3ccccc3)cc2N1CCS(=O)(=O)[O-].CCNCC.[K+].[Na+]. The number of anilines is 3. The molecule has 0 saturated heterocycles. The second kappa shape index (κ2) is 52.8. The molecule has 3 aromatic heterocycles. The third-order valence-electron chi connectivity index (χ3n) is 23.7. The number of benzene rings is 10. The maximum atomic E-state index is 11.7. The monoisotopic (exact) mass is 2150 g/mol. The van der Waals surface area contributed by atoms with Crippen LogP contribution < -0.4 is 129 Å². The van der Waals surface area contributed by atoms with Crippen LogP contribution in [0.1, 0.15) is 141 Å². The van der Waals surface area contributed by atoms with E-state index in [2.05, 4.69) is 48.9 Å². The van der Waals surface area contributed by atoms with Gasteiger partial charge in [0.2, 0.25) is 34.3 Å². The van der Waals surface area contributed by atoms with E-state index in [1.54, 1.807) is 62.1 Å². The normalized spacial score (nSPS) is 14.4. The summed E-state index contributed by atoms with van der Waals surface area (Å²) in [6.45, 7) is 23.1. The third-order valence-corrected chi connectivity index (χ3v) is 30.0. The van der Waals surface area contributed by atoms with Crippen LogP contribution in [0.2, 0.25) is 5.02 Å². The molecule has 3 aliphatic rings. The van der Waals surface area contributed by atoms with Crippen molar-refractivity contribution in [3.8, 4) is 39.5 Å². The number of thiazole rings is 1. The topological polar surface area (TPSA) is 431 Å². The van der Waals surface area contributed by atoms with E-state index in [0.29, 0.717) is 125 Å². The number of oxazole rings is 2. The molecule has 0 spiro atoms. The van der Waals surface area contributed by atoms with Crippen molar-refractivity contribution < 1.29 is 196 Å². The second-order valence-electron chi connectivity index (χ2n) is 33.7. The van der Waals surface area contributed by atoms with Gasteiger partial charge in [-0.1, -0.05) is 193 Å². The molecule has 0 radical (unpaired) electrons. The molecule has 30 nitrogen and oxygen atoms in total. The minimum atomic E-state index is -4.51. The first-order valence-corrected chi connectivity index (χ1v) is 57.4. The van der Waals surface area contributed by atoms with Crippen molar-refractivity contribution in [2.24, 2.45) is 0 Å². The van der Waals surface area contributed by atoms with Crippen LogP contribution in [0.3, 0.4) is 0 Å². The van der Waals surface area contributed by atoms with E-state index in [0.717, 1.165) is 111 Å². The summed E-state index contributed by atoms with van der Waals surface area (Å²) in [5.74, 6) is 1.37. The predicted octanol–water partition coefficient (Wildman–Crippen LogP) is 12.8. The molecule has 0 saturated carbocycles. The number of aryl methyl sites for hydroxylation is 5. The molecule has 0 bridgehead atoms. The fraction of sp³-hybridized carbons (Fsp3) is 0.317. The van der Waals surface area contributed by atoms with Gasteiger partial charge in [-0.15, -0.1) is 0 Å². The van der Waals surface area contributed by atoms with Gasteiger partial charge in [-0.3, -0.25) is 0 Å². The van der Waals surface area contributed by atoms with Gasteiger partial charge in [0.15, 0.2) is 36.9 Å². The maximum Gasteiger partial charge on any atom is 1.00 e. The molecule has 13 aromatic rings. The molecule has 16 rings (SSSR count). The summed E-state index contributed by atoms with van der Waals surface area (Å²) in [6.07, 6.45) is 14.6. The molecule has 756 valence electrons. The standard InChI is InChI=1S/C35H36N2O8S2.C33H36N2O7S3.C30H29ClN2O8S2.C4H11N.C2H6.K.Na/c1-3-25(20-33-36(17-8-9-19-46(38,39)40)30-22-27-11-4-5-12-28(27)23-32(30)45-33)21-34-37(18-16-24(2)47(41,42)43)35-29-13-7-6-10-26(29)14-15-31(35)44-34;1-4-25(21-33-35(14-8-9-16-44(36,37)38)29-18-23(2)24(3)19-31(29)43-33)20-32-34(15-17-45(39,40)41)28-22-27(12-13-30(28)42-32)26-10-6-5-7-11-26;1-2-21(17-29-32(13-6-15-42(34,35)36)26-20-24(31)10-12-28(26)41-29)18-30-33(14-16-43(37,38)39)25-19-23(9-11-27(25)40-30)22-7-4-3-5-8-22;1-3-5-4-2;1-2;;/h4-7,10-15,20-24H,3,8-9,16-19H2,1-2H3,(H-,38,39,40,41,42,43);5-7,10-13,18-22H,4,8-9,14-17H2,1-3H3,(H-,36,37,38,39,40,41);3-5,7-12,17-20H,2,6,13-16H2,1H3,(H-,34,35,36,37,38,39);5H,3-4H2,1-2H3;1-2H3;;/q;;;;;2*+1/p-3. The molecule has 40 heteroatoms. The number of halogens is 1. The van der Waals surface area contributed by atoms with Crippen molar-refractivity contribution in [1.29, 1.82) is 0 Å². The summed E-state index contributed by atoms with van der Waals surface area (Å²) >= 11 is 7.83. The molecule has 0 aliphatic carbocycles. The zero-order chi connectivity index (χ0) is 103. The van der Waals surface area contributed by atoms with Crippen LogP contribution in [0.5, 0.6) is 17.2 Å². The van der Waals surface area contributed by atoms with Crippen molar-refractivity contribution >= 4 is 173 Å². The first-order chi connectivity index (χ1) is 67.5. The first kappa shape index (κ1) is 117. The Balaban J connectivity index is 0.000000213. The van der Waals surface area contributed by atoms with E-state index in [4.69, 9.17) is 34.6 Å². The Hall–Kier alpha value is -8.86. The summed E-state index contributed by atoms with van der Waals surface area (Å²) in [4.78, 5) is 5.47. The van der Waals surface area contributed by atoms with Crippen LogP contribution in [-0.4, -0.2) is 145 Å². The van der Waals surface area contributed by atoms with Crippen LogP contribution in [0.15, 0.2) is 262 Å². The Labute approximate surface area is 917 Å². The average molecular weight is 2150 g/mol. The molecule has 144 heavy (non-hydrogen) atoms. The van der Waals surface area contributed by atoms with E-state index in [1.165, 1.54) is 6.92 Å². The van der Waals surface area contributed by atoms with Gasteiger partial charge in [0.25, 0.3) is 16.0 Å². The van der Waals surface area contributed by atoms with Crippen LogP contribution in [0.4, 0.5) is 17.1 Å². The Bertz CT molecular complexity index is 7690. The Morgan fingerprint density at radius 1 is 0.424 bits per heavy atom. The van der Waals surface area contributed by atoms with E-state index in [9.17, 15) is 77.8 Å². The number of nitrogens with one attached hydrogen (secondary N) is 1. The number of rotatable bonds is 37. The zero-order valence-electron chi connectivity index (χ0n) is 82.5. The van der Waals surface area contributed by atoms with Gasteiger partial charge in [0, 0.05) is 91.2 Å². The summed E-state index contributed by atoms with van der Waals surface area (Å²) < 4.78 is 244. The predicted molar refractivity (Wildman–Crippen MR) is 553 cm³/mol. The molecule has 3 aliphatic heterocycles. The maximum absolute atomic E-state index is 11.7. The number of unbranched alkanes of at least 4 members (excludes halogenated alkanes) is 2. The van der Waals surface area contributed by atoms with Gasteiger partial charge in [-0.2, -0.15) is 13.7 Å². The van der Waals surface area contributed by atoms with Gasteiger partial charge in [0.1, 0.15) is 14.8 Å². The third kappa shape index (κ3) is 32.6. The number of ether oxygens (including phenoxy) is 3. The second-order valence-corrected chi connectivity index (χ2v) is 44.6. The number of allylic oxidation sites excluding steroid dienone is 6. The minimum absolute atomic E-state index is 0.